The number of aliphatic carboxylic acids is 1. The third kappa shape index (κ3) is 2.88. The van der Waals surface area contributed by atoms with Crippen LogP contribution in [0.15, 0.2) is 36.5 Å². The van der Waals surface area contributed by atoms with Crippen LogP contribution in [-0.2, 0) is 4.79 Å². The van der Waals surface area contributed by atoms with Gasteiger partial charge < -0.3 is 9.67 Å². The first-order valence-corrected chi connectivity index (χ1v) is 10.7. The van der Waals surface area contributed by atoms with Crippen LogP contribution >= 0.6 is 0 Å². The van der Waals surface area contributed by atoms with Crippen molar-refractivity contribution < 1.29 is 14.3 Å². The number of aromatic nitrogens is 3. The molecule has 0 bridgehead atoms. The fourth-order valence-corrected chi connectivity index (χ4v) is 5.22. The molecule has 5 nitrogen and oxygen atoms in total. The first-order chi connectivity index (χ1) is 14.7. The SMILES string of the molecule is Cc1cc(-n2c(C(C)C)c(C3CC(C)(C(=O)O)C3)c3cc4[nH]ncc4cc32)ccc1F. The van der Waals surface area contributed by atoms with Crippen LogP contribution in [0, 0.1) is 18.2 Å². The second-order valence-electron chi connectivity index (χ2n) is 9.52. The summed E-state index contributed by atoms with van der Waals surface area (Å²) < 4.78 is 16.3. The van der Waals surface area contributed by atoms with E-state index in [2.05, 4.69) is 40.7 Å². The third-order valence-corrected chi connectivity index (χ3v) is 6.87. The Labute approximate surface area is 179 Å². The molecule has 1 aliphatic rings. The van der Waals surface area contributed by atoms with E-state index in [0.29, 0.717) is 18.4 Å². The molecule has 5 rings (SSSR count). The van der Waals surface area contributed by atoms with Crippen molar-refractivity contribution >= 4 is 27.8 Å². The van der Waals surface area contributed by atoms with Gasteiger partial charge in [-0.05, 0) is 80.0 Å². The average molecular weight is 420 g/mol. The van der Waals surface area contributed by atoms with E-state index in [1.165, 1.54) is 17.3 Å². The van der Waals surface area contributed by atoms with Gasteiger partial charge in [0, 0.05) is 22.2 Å². The van der Waals surface area contributed by atoms with Crippen LogP contribution in [-0.4, -0.2) is 25.8 Å². The highest BCUT2D eigenvalue weighted by molar-refractivity contribution is 5.99. The maximum atomic E-state index is 14.0. The molecule has 0 atom stereocenters. The summed E-state index contributed by atoms with van der Waals surface area (Å²) >= 11 is 0. The molecule has 6 heteroatoms. The number of nitrogens with one attached hydrogen (secondary N) is 1. The highest BCUT2D eigenvalue weighted by Crippen LogP contribution is 2.55. The van der Waals surface area contributed by atoms with Crippen LogP contribution in [0.5, 0.6) is 0 Å². The van der Waals surface area contributed by atoms with E-state index in [-0.39, 0.29) is 17.7 Å². The van der Waals surface area contributed by atoms with E-state index >= 15 is 0 Å². The third-order valence-electron chi connectivity index (χ3n) is 6.87. The van der Waals surface area contributed by atoms with Gasteiger partial charge in [0.05, 0.1) is 22.6 Å². The quantitative estimate of drug-likeness (QED) is 0.423. The minimum atomic E-state index is -0.733. The van der Waals surface area contributed by atoms with Gasteiger partial charge in [-0.25, -0.2) is 4.39 Å². The Morgan fingerprint density at radius 1 is 1.29 bits per heavy atom. The van der Waals surface area contributed by atoms with Crippen molar-refractivity contribution in [2.75, 3.05) is 0 Å². The van der Waals surface area contributed by atoms with Crippen molar-refractivity contribution in [2.24, 2.45) is 5.41 Å². The van der Waals surface area contributed by atoms with Crippen LogP contribution in [0.4, 0.5) is 4.39 Å². The number of H-pyrrole nitrogens is 1. The second-order valence-corrected chi connectivity index (χ2v) is 9.52. The number of carbonyl (C=O) groups is 1. The van der Waals surface area contributed by atoms with Crippen LogP contribution in [0.2, 0.25) is 0 Å². The Bertz CT molecular complexity index is 1340. The van der Waals surface area contributed by atoms with Gasteiger partial charge in [-0.15, -0.1) is 0 Å². The molecule has 4 aromatic rings. The molecule has 1 saturated carbocycles. The van der Waals surface area contributed by atoms with Crippen LogP contribution in [0.3, 0.4) is 0 Å². The highest BCUT2D eigenvalue weighted by Gasteiger charge is 2.48. The lowest BCUT2D eigenvalue weighted by Gasteiger charge is -2.42. The predicted octanol–water partition coefficient (Wildman–Crippen LogP) is 6.05. The smallest absolute Gasteiger partial charge is 0.309 e. The molecule has 2 aromatic heterocycles. The Kier molecular flexibility index (Phi) is 4.26. The number of nitrogens with zero attached hydrogens (tertiary/aromatic N) is 2. The normalized spacial score (nSPS) is 21.2. The van der Waals surface area contributed by atoms with Crippen molar-refractivity contribution in [3.63, 3.8) is 0 Å². The molecule has 0 amide bonds. The summed E-state index contributed by atoms with van der Waals surface area (Å²) in [6, 6.07) is 9.46. The van der Waals surface area contributed by atoms with Crippen molar-refractivity contribution in [3.05, 3.63) is 59.2 Å². The monoisotopic (exact) mass is 419 g/mol. The second kappa shape index (κ2) is 6.67. The fourth-order valence-electron chi connectivity index (χ4n) is 5.22. The molecular weight excluding hydrogens is 393 g/mol. The maximum absolute atomic E-state index is 14.0. The molecule has 1 aliphatic carbocycles. The lowest BCUT2D eigenvalue weighted by Crippen LogP contribution is -2.40. The van der Waals surface area contributed by atoms with Gasteiger partial charge in [-0.1, -0.05) is 13.8 Å². The largest absolute Gasteiger partial charge is 0.481 e. The van der Waals surface area contributed by atoms with Gasteiger partial charge in [0.2, 0.25) is 0 Å². The molecule has 0 radical (unpaired) electrons. The van der Waals surface area contributed by atoms with Crippen molar-refractivity contribution in [2.45, 2.75) is 52.4 Å². The molecule has 2 heterocycles. The summed E-state index contributed by atoms with van der Waals surface area (Å²) in [6.07, 6.45) is 3.04. The summed E-state index contributed by atoms with van der Waals surface area (Å²) in [5.41, 5.74) is 5.21. The number of carboxylic acid groups (broad SMARTS) is 1. The average Bonchev–Trinajstić information content (AvgIpc) is 3.27. The van der Waals surface area contributed by atoms with Crippen molar-refractivity contribution in [1.82, 2.24) is 14.8 Å². The molecule has 0 unspecified atom stereocenters. The van der Waals surface area contributed by atoms with E-state index in [0.717, 1.165) is 27.5 Å². The zero-order valence-electron chi connectivity index (χ0n) is 18.2. The van der Waals surface area contributed by atoms with Gasteiger partial charge >= 0.3 is 5.97 Å². The Morgan fingerprint density at radius 3 is 2.68 bits per heavy atom. The lowest BCUT2D eigenvalue weighted by molar-refractivity contribution is -0.154. The van der Waals surface area contributed by atoms with Gasteiger partial charge in [-0.2, -0.15) is 5.10 Å². The molecule has 31 heavy (non-hydrogen) atoms. The molecule has 0 aliphatic heterocycles. The summed E-state index contributed by atoms with van der Waals surface area (Å²) in [6.45, 7) is 7.93. The standard InChI is InChI=1S/C25H26FN3O2/c1-13(2)23-22(16-10-25(4,11-16)24(30)31)18-9-20-15(12-27-28-20)8-21(18)29(23)17-5-6-19(26)14(3)7-17/h5-9,12-13,16H,10-11H2,1-4H3,(H,27,28)(H,30,31). The first kappa shape index (κ1) is 19.8. The molecular formula is C25H26FN3O2. The minimum Gasteiger partial charge on any atom is -0.481 e. The molecule has 2 aromatic carbocycles. The number of hydrogen-bond acceptors (Lipinski definition) is 2. The van der Waals surface area contributed by atoms with E-state index in [9.17, 15) is 14.3 Å². The summed E-state index contributed by atoms with van der Waals surface area (Å²) in [5.74, 6) is -0.575. The zero-order chi connectivity index (χ0) is 22.1. The predicted molar refractivity (Wildman–Crippen MR) is 119 cm³/mol. The zero-order valence-corrected chi connectivity index (χ0v) is 18.2. The summed E-state index contributed by atoms with van der Waals surface area (Å²) in [7, 11) is 0. The van der Waals surface area contributed by atoms with Crippen molar-refractivity contribution in [3.8, 4) is 5.69 Å². The molecule has 1 fully saturated rings. The Morgan fingerprint density at radius 2 is 2.03 bits per heavy atom. The van der Waals surface area contributed by atoms with Crippen LogP contribution < -0.4 is 0 Å². The number of benzene rings is 2. The lowest BCUT2D eigenvalue weighted by atomic mass is 9.60. The van der Waals surface area contributed by atoms with E-state index in [1.807, 2.05) is 25.3 Å². The maximum Gasteiger partial charge on any atom is 0.309 e. The summed E-state index contributed by atoms with van der Waals surface area (Å²) in [4.78, 5) is 11.7. The number of aromatic amines is 1. The van der Waals surface area contributed by atoms with Gasteiger partial charge in [-0.3, -0.25) is 9.89 Å². The minimum absolute atomic E-state index is 0.171. The van der Waals surface area contributed by atoms with Crippen LogP contribution in [0.1, 0.15) is 62.3 Å². The Balaban J connectivity index is 1.82. The molecule has 0 saturated heterocycles. The van der Waals surface area contributed by atoms with Gasteiger partial charge in [0.15, 0.2) is 0 Å². The van der Waals surface area contributed by atoms with E-state index in [1.54, 1.807) is 6.92 Å². The topological polar surface area (TPSA) is 70.9 Å². The van der Waals surface area contributed by atoms with Crippen LogP contribution in [0.25, 0.3) is 27.5 Å². The molecule has 0 spiro atoms. The van der Waals surface area contributed by atoms with Gasteiger partial charge in [0.1, 0.15) is 5.82 Å². The number of halogens is 1. The van der Waals surface area contributed by atoms with Crippen molar-refractivity contribution in [1.29, 1.82) is 0 Å². The van der Waals surface area contributed by atoms with E-state index in [4.69, 9.17) is 0 Å². The molecule has 160 valence electrons. The number of fused-ring (bicyclic) bond motifs is 2. The first-order valence-electron chi connectivity index (χ1n) is 10.7. The summed E-state index contributed by atoms with van der Waals surface area (Å²) in [5, 5.41) is 19.0. The van der Waals surface area contributed by atoms with Gasteiger partial charge in [0.25, 0.3) is 0 Å². The number of carboxylic acids is 1. The molecule has 2 N–H and O–H groups in total. The fraction of sp³-hybridized carbons (Fsp3) is 0.360. The van der Waals surface area contributed by atoms with E-state index < -0.39 is 11.4 Å². The number of rotatable bonds is 4. The Hall–Kier alpha value is -3.15. The highest BCUT2D eigenvalue weighted by atomic mass is 19.1. The number of hydrogen-bond donors (Lipinski definition) is 2. The number of aryl methyl sites for hydroxylation is 1.